The fraction of sp³-hybridized carbons (Fsp3) is 0.500. The highest BCUT2D eigenvalue weighted by Gasteiger charge is 2.34. The number of hydrogen-bond acceptors (Lipinski definition) is 4. The summed E-state index contributed by atoms with van der Waals surface area (Å²) in [6, 6.07) is 11.8. The van der Waals surface area contributed by atoms with E-state index in [9.17, 15) is 22.8 Å². The van der Waals surface area contributed by atoms with Gasteiger partial charge in [0.15, 0.2) is 0 Å². The maximum atomic E-state index is 13.1. The Morgan fingerprint density at radius 3 is 2.06 bits per heavy atom. The largest absolute Gasteiger partial charge is 0.416 e. The zero-order chi connectivity index (χ0) is 38.2. The van der Waals surface area contributed by atoms with E-state index in [1.807, 2.05) is 26.8 Å². The Labute approximate surface area is 301 Å². The summed E-state index contributed by atoms with van der Waals surface area (Å²) in [6.07, 6.45) is 1.89. The molecule has 3 aromatic rings. The molecule has 274 valence electrons. The molecule has 0 aliphatic heterocycles. The smallest absolute Gasteiger partial charge is 0.383 e. The molecule has 0 spiro atoms. The van der Waals surface area contributed by atoms with E-state index in [1.54, 1.807) is 6.20 Å². The number of aromatic nitrogens is 1. The minimum Gasteiger partial charge on any atom is -0.383 e. The molecule has 51 heavy (non-hydrogen) atoms. The molecule has 1 heterocycles. The second-order valence-electron chi connectivity index (χ2n) is 15.1. The summed E-state index contributed by atoms with van der Waals surface area (Å²) in [6.45, 7) is 18.2. The summed E-state index contributed by atoms with van der Waals surface area (Å²) >= 11 is 0. The van der Waals surface area contributed by atoms with Gasteiger partial charge in [0.2, 0.25) is 0 Å². The van der Waals surface area contributed by atoms with Gasteiger partial charge in [-0.25, -0.2) is 4.98 Å². The molecule has 4 rings (SSSR count). The fourth-order valence-electron chi connectivity index (χ4n) is 6.26. The Kier molecular flexibility index (Phi) is 14.3. The summed E-state index contributed by atoms with van der Waals surface area (Å²) in [4.78, 5) is 33.1. The van der Waals surface area contributed by atoms with Gasteiger partial charge in [0, 0.05) is 35.6 Å². The number of halogens is 3. The van der Waals surface area contributed by atoms with Crippen molar-refractivity contribution in [2.45, 2.75) is 113 Å². The van der Waals surface area contributed by atoms with Crippen molar-refractivity contribution in [2.75, 3.05) is 0 Å². The van der Waals surface area contributed by atoms with E-state index in [1.165, 1.54) is 6.07 Å². The summed E-state index contributed by atoms with van der Waals surface area (Å²) in [5.41, 5.74) is 13.2. The third kappa shape index (κ3) is 11.9. The monoisotopic (exact) mass is 702 g/mol. The average Bonchev–Trinajstić information content (AvgIpc) is 3.88. The predicted molar refractivity (Wildman–Crippen MR) is 198 cm³/mol. The number of alkyl halides is 3. The van der Waals surface area contributed by atoms with E-state index in [4.69, 9.17) is 11.0 Å². The summed E-state index contributed by atoms with van der Waals surface area (Å²) in [5.74, 6) is 0.764. The standard InChI is InChI=1S/C22H31F3N2O.C20H22N2O/c1-13(2)5-6-16(11-14(3)4)21(28)27-20(26)18-10-9-17(22(23,24)25)12-19(18)15-7-8-15;1-12(2)19(23)9-16-6-14(4)20(15(5)7-16)17-8-13(3)18(10-21)22-11-17/h9-10,12-16H,5-8,11H2,1-4H3,(H2,26,27,28);6-8,11-12H,9H2,1-5H3. The Morgan fingerprint density at radius 2 is 1.57 bits per heavy atom. The summed E-state index contributed by atoms with van der Waals surface area (Å²) in [7, 11) is 0. The average molecular weight is 703 g/mol. The zero-order valence-corrected chi connectivity index (χ0v) is 31.5. The van der Waals surface area contributed by atoms with Crippen LogP contribution in [0.25, 0.3) is 11.1 Å². The molecule has 2 N–H and O–H groups in total. The first kappa shape index (κ1) is 41.1. The Morgan fingerprint density at radius 1 is 0.941 bits per heavy atom. The van der Waals surface area contributed by atoms with Gasteiger partial charge < -0.3 is 5.73 Å². The van der Waals surface area contributed by atoms with Crippen LogP contribution in [0.15, 0.2) is 47.6 Å². The maximum Gasteiger partial charge on any atom is 0.416 e. The summed E-state index contributed by atoms with van der Waals surface area (Å²) in [5, 5.41) is 9.01. The Hall–Kier alpha value is -4.32. The van der Waals surface area contributed by atoms with Gasteiger partial charge in [-0.2, -0.15) is 23.4 Å². The number of nitriles is 1. The van der Waals surface area contributed by atoms with Gasteiger partial charge in [0.05, 0.1) is 5.56 Å². The van der Waals surface area contributed by atoms with Gasteiger partial charge in [-0.15, -0.1) is 0 Å². The normalized spacial score (nSPS) is 14.0. The van der Waals surface area contributed by atoms with Crippen LogP contribution >= 0.6 is 0 Å². The van der Waals surface area contributed by atoms with E-state index in [-0.39, 0.29) is 35.3 Å². The van der Waals surface area contributed by atoms with Crippen molar-refractivity contribution in [1.29, 1.82) is 5.26 Å². The number of Topliss-reactive ketones (excluding diaryl/α,β-unsaturated/α-hetero) is 1. The second-order valence-corrected chi connectivity index (χ2v) is 15.1. The van der Waals surface area contributed by atoms with E-state index >= 15 is 0 Å². The van der Waals surface area contributed by atoms with Crippen LogP contribution < -0.4 is 5.73 Å². The third-order valence-corrected chi connectivity index (χ3v) is 9.19. The SMILES string of the molecule is CC(C)CCC(CC(C)C)C(=O)N=C(N)c1ccc(C(F)(F)F)cc1C1CC1.Cc1cc(-c2c(C)cc(CC(=O)C(C)C)cc2C)cnc1C#N. The molecule has 0 bridgehead atoms. The van der Waals surface area contributed by atoms with E-state index < -0.39 is 11.7 Å². The lowest BCUT2D eigenvalue weighted by Gasteiger charge is -2.18. The molecular formula is C42H53F3N4O2. The molecule has 1 amide bonds. The first-order chi connectivity index (χ1) is 23.8. The minimum atomic E-state index is -4.40. The third-order valence-electron chi connectivity index (χ3n) is 9.19. The molecule has 9 heteroatoms. The molecular weight excluding hydrogens is 649 g/mol. The van der Waals surface area contributed by atoms with Crippen LogP contribution in [0.2, 0.25) is 0 Å². The van der Waals surface area contributed by atoms with Crippen LogP contribution in [0, 0.1) is 55.8 Å². The topological polar surface area (TPSA) is 109 Å². The number of benzene rings is 2. The van der Waals surface area contributed by atoms with Crippen molar-refractivity contribution in [3.63, 3.8) is 0 Å². The number of pyridine rings is 1. The van der Waals surface area contributed by atoms with Gasteiger partial charge in [0.25, 0.3) is 5.91 Å². The number of nitrogens with zero attached hydrogens (tertiary/aromatic N) is 3. The van der Waals surface area contributed by atoms with Gasteiger partial charge >= 0.3 is 6.18 Å². The van der Waals surface area contributed by atoms with Crippen molar-refractivity contribution >= 4 is 17.5 Å². The second kappa shape index (κ2) is 17.7. The quantitative estimate of drug-likeness (QED) is 0.149. The van der Waals surface area contributed by atoms with Crippen LogP contribution in [0.5, 0.6) is 0 Å². The first-order valence-corrected chi connectivity index (χ1v) is 17.9. The molecule has 1 aliphatic carbocycles. The van der Waals surface area contributed by atoms with Crippen LogP contribution in [-0.4, -0.2) is 22.5 Å². The van der Waals surface area contributed by atoms with E-state index in [0.29, 0.717) is 35.1 Å². The van der Waals surface area contributed by atoms with Crippen molar-refractivity contribution in [2.24, 2.45) is 34.4 Å². The molecule has 2 aromatic carbocycles. The highest BCUT2D eigenvalue weighted by Crippen LogP contribution is 2.43. The molecule has 1 aliphatic rings. The highest BCUT2D eigenvalue weighted by molar-refractivity contribution is 6.05. The number of amides is 1. The Bertz CT molecular complexity index is 1760. The van der Waals surface area contributed by atoms with Crippen LogP contribution in [0.4, 0.5) is 13.2 Å². The zero-order valence-electron chi connectivity index (χ0n) is 31.5. The Balaban J connectivity index is 0.000000281. The maximum absolute atomic E-state index is 13.1. The van der Waals surface area contributed by atoms with Gasteiger partial charge in [-0.3, -0.25) is 9.59 Å². The number of rotatable bonds is 12. The van der Waals surface area contributed by atoms with Crippen LogP contribution in [-0.2, 0) is 22.2 Å². The molecule has 0 radical (unpaired) electrons. The number of aliphatic imine (C=N–C) groups is 1. The molecule has 1 aromatic heterocycles. The lowest BCUT2D eigenvalue weighted by molar-refractivity contribution is -0.137. The number of carbonyl (C=O) groups is 2. The van der Waals surface area contributed by atoms with Gasteiger partial charge in [0.1, 0.15) is 23.4 Å². The number of amidine groups is 1. The van der Waals surface area contributed by atoms with Crippen molar-refractivity contribution in [3.05, 3.63) is 87.2 Å². The van der Waals surface area contributed by atoms with Crippen LogP contribution in [0.3, 0.4) is 0 Å². The molecule has 6 nitrogen and oxygen atoms in total. The predicted octanol–water partition coefficient (Wildman–Crippen LogP) is 10.2. The van der Waals surface area contributed by atoms with Gasteiger partial charge in [-0.1, -0.05) is 66.2 Å². The number of aryl methyl sites for hydroxylation is 3. The lowest BCUT2D eigenvalue weighted by atomic mass is 9.90. The van der Waals surface area contributed by atoms with Gasteiger partial charge in [-0.05, 0) is 116 Å². The first-order valence-electron chi connectivity index (χ1n) is 17.9. The van der Waals surface area contributed by atoms with E-state index in [2.05, 4.69) is 69.7 Å². The van der Waals surface area contributed by atoms with Crippen molar-refractivity contribution in [1.82, 2.24) is 4.98 Å². The molecule has 1 atom stereocenters. The number of ketones is 1. The fourth-order valence-corrected chi connectivity index (χ4v) is 6.26. The van der Waals surface area contributed by atoms with Crippen molar-refractivity contribution < 1.29 is 22.8 Å². The van der Waals surface area contributed by atoms with Crippen LogP contribution in [0.1, 0.15) is 124 Å². The lowest BCUT2D eigenvalue weighted by Crippen LogP contribution is -2.23. The van der Waals surface area contributed by atoms with E-state index in [0.717, 1.165) is 77.6 Å². The molecule has 1 saturated carbocycles. The molecule has 1 fully saturated rings. The number of hydrogen-bond donors (Lipinski definition) is 1. The molecule has 1 unspecified atom stereocenters. The molecule has 0 saturated heterocycles. The highest BCUT2D eigenvalue weighted by atomic mass is 19.4. The van der Waals surface area contributed by atoms with Crippen molar-refractivity contribution in [3.8, 4) is 17.2 Å². The summed E-state index contributed by atoms with van der Waals surface area (Å²) < 4.78 is 39.2. The number of nitrogens with two attached hydrogens (primary N) is 1. The minimum absolute atomic E-state index is 0.0268. The number of carbonyl (C=O) groups excluding carboxylic acids is 2.